The Bertz CT molecular complexity index is 406. The number of anilines is 1. The summed E-state index contributed by atoms with van der Waals surface area (Å²) in [5, 5.41) is 3.08. The van der Waals surface area contributed by atoms with E-state index in [9.17, 15) is 4.79 Å². The lowest BCUT2D eigenvalue weighted by molar-refractivity contribution is -0.118. The van der Waals surface area contributed by atoms with E-state index in [2.05, 4.69) is 11.4 Å². The van der Waals surface area contributed by atoms with Gasteiger partial charge in [0.25, 0.3) is 0 Å². The number of fused-ring (bicyclic) bond motifs is 1. The number of amides is 1. The van der Waals surface area contributed by atoms with Crippen molar-refractivity contribution in [2.45, 2.75) is 19.4 Å². The predicted octanol–water partition coefficient (Wildman–Crippen LogP) is 1.88. The molecule has 0 fully saturated rings. The van der Waals surface area contributed by atoms with Gasteiger partial charge in [0.05, 0.1) is 6.00 Å². The highest BCUT2D eigenvalue weighted by Gasteiger charge is 2.20. The molecule has 1 heterocycles. The minimum Gasteiger partial charge on any atom is -0.315 e. The monoisotopic (exact) mass is 238 g/mol. The molecule has 0 aliphatic carbocycles. The van der Waals surface area contributed by atoms with Gasteiger partial charge >= 0.3 is 0 Å². The Morgan fingerprint density at radius 3 is 3.00 bits per heavy atom. The van der Waals surface area contributed by atoms with Crippen molar-refractivity contribution in [3.63, 3.8) is 0 Å². The number of hydrogen-bond acceptors (Lipinski definition) is 2. The van der Waals surface area contributed by atoms with Crippen LogP contribution >= 0.6 is 11.6 Å². The van der Waals surface area contributed by atoms with Crippen molar-refractivity contribution < 1.29 is 4.79 Å². The molecular weight excluding hydrogens is 224 g/mol. The Kier molecular flexibility index (Phi) is 3.46. The molecule has 0 spiro atoms. The van der Waals surface area contributed by atoms with Crippen molar-refractivity contribution >= 4 is 23.2 Å². The van der Waals surface area contributed by atoms with E-state index < -0.39 is 0 Å². The maximum atomic E-state index is 11.5. The molecule has 0 atom stereocenters. The van der Waals surface area contributed by atoms with Gasteiger partial charge in [-0.05, 0) is 23.6 Å². The minimum absolute atomic E-state index is 0.194. The van der Waals surface area contributed by atoms with Crippen molar-refractivity contribution in [3.8, 4) is 0 Å². The molecule has 1 aromatic carbocycles. The van der Waals surface area contributed by atoms with Crippen LogP contribution in [0.5, 0.6) is 0 Å². The fourth-order valence-corrected chi connectivity index (χ4v) is 2.11. The molecule has 3 nitrogen and oxygen atoms in total. The highest BCUT2D eigenvalue weighted by atomic mass is 35.5. The molecule has 4 heteroatoms. The van der Waals surface area contributed by atoms with Crippen LogP contribution in [0.3, 0.4) is 0 Å². The van der Waals surface area contributed by atoms with Crippen LogP contribution in [0.25, 0.3) is 0 Å². The van der Waals surface area contributed by atoms with Gasteiger partial charge in [-0.15, -0.1) is 11.6 Å². The number of nitrogens with zero attached hydrogens (tertiary/aromatic N) is 1. The fraction of sp³-hybridized carbons (Fsp3) is 0.417. The topological polar surface area (TPSA) is 32.3 Å². The molecule has 1 aromatic rings. The molecule has 0 aromatic heterocycles. The molecule has 2 rings (SSSR count). The van der Waals surface area contributed by atoms with E-state index in [1.165, 1.54) is 11.1 Å². The van der Waals surface area contributed by atoms with Crippen LogP contribution < -0.4 is 10.2 Å². The number of alkyl halides is 1. The zero-order chi connectivity index (χ0) is 11.5. The third-order valence-electron chi connectivity index (χ3n) is 2.91. The molecule has 0 bridgehead atoms. The van der Waals surface area contributed by atoms with Crippen LogP contribution in [-0.4, -0.2) is 19.0 Å². The number of benzene rings is 1. The smallest absolute Gasteiger partial charge is 0.227 e. The van der Waals surface area contributed by atoms with E-state index in [4.69, 9.17) is 11.6 Å². The quantitative estimate of drug-likeness (QED) is 0.644. The summed E-state index contributed by atoms with van der Waals surface area (Å²) in [7, 11) is 1.83. The molecule has 1 amide bonds. The van der Waals surface area contributed by atoms with Gasteiger partial charge < -0.3 is 4.90 Å². The Labute approximate surface area is 100 Å². The summed E-state index contributed by atoms with van der Waals surface area (Å²) in [4.78, 5) is 13.2. The van der Waals surface area contributed by atoms with Crippen LogP contribution in [0.2, 0.25) is 0 Å². The summed E-state index contributed by atoms with van der Waals surface area (Å²) in [6, 6.07) is 6.65. The summed E-state index contributed by atoms with van der Waals surface area (Å²) in [5.74, 6) is 0.194. The number of carbonyl (C=O) groups is 1. The van der Waals surface area contributed by atoms with E-state index in [1.54, 1.807) is 4.90 Å². The summed E-state index contributed by atoms with van der Waals surface area (Å²) in [5.41, 5.74) is 3.49. The summed E-state index contributed by atoms with van der Waals surface area (Å²) in [6.07, 6.45) is 1.45. The third-order valence-corrected chi connectivity index (χ3v) is 3.10. The van der Waals surface area contributed by atoms with Gasteiger partial charge in [-0.1, -0.05) is 12.1 Å². The normalized spacial score (nSPS) is 15.1. The maximum Gasteiger partial charge on any atom is 0.227 e. The zero-order valence-electron chi connectivity index (χ0n) is 9.29. The molecule has 0 unspecified atom stereocenters. The molecule has 86 valence electrons. The van der Waals surface area contributed by atoms with Crippen LogP contribution in [0.4, 0.5) is 5.69 Å². The lowest BCUT2D eigenvalue weighted by atomic mass is 9.99. The van der Waals surface area contributed by atoms with E-state index in [0.717, 1.165) is 18.7 Å². The lowest BCUT2D eigenvalue weighted by Crippen LogP contribution is -2.31. The molecule has 16 heavy (non-hydrogen) atoms. The van der Waals surface area contributed by atoms with Crippen LogP contribution in [0, 0.1) is 0 Å². The number of halogens is 1. The van der Waals surface area contributed by atoms with Gasteiger partial charge in [0.1, 0.15) is 0 Å². The highest BCUT2D eigenvalue weighted by molar-refractivity contribution is 6.17. The van der Waals surface area contributed by atoms with Crippen molar-refractivity contribution in [1.82, 2.24) is 5.32 Å². The van der Waals surface area contributed by atoms with E-state index in [0.29, 0.717) is 12.4 Å². The average molecular weight is 239 g/mol. The number of rotatable bonds is 3. The highest BCUT2D eigenvalue weighted by Crippen LogP contribution is 2.27. The van der Waals surface area contributed by atoms with Gasteiger partial charge in [0.15, 0.2) is 0 Å². The first-order valence-corrected chi connectivity index (χ1v) is 5.91. The van der Waals surface area contributed by atoms with Crippen molar-refractivity contribution in [2.75, 3.05) is 18.0 Å². The Balaban J connectivity index is 2.23. The number of nitrogens with one attached hydrogen (secondary N) is 1. The molecule has 0 saturated carbocycles. The SMILES string of the molecule is CN1C(=O)CCc2cc(CNCCl)ccc21. The lowest BCUT2D eigenvalue weighted by Gasteiger charge is -2.26. The number of hydrogen-bond donors (Lipinski definition) is 1. The first-order valence-electron chi connectivity index (χ1n) is 5.37. The molecular formula is C12H15ClN2O. The molecule has 0 radical (unpaired) electrons. The summed E-state index contributed by atoms with van der Waals surface area (Å²) in [6.45, 7) is 0.772. The molecule has 0 saturated heterocycles. The Hall–Kier alpha value is -1.06. The Morgan fingerprint density at radius 1 is 1.44 bits per heavy atom. The minimum atomic E-state index is 0.194. The molecule has 1 aliphatic rings. The van der Waals surface area contributed by atoms with E-state index in [-0.39, 0.29) is 5.91 Å². The van der Waals surface area contributed by atoms with Crippen molar-refractivity contribution in [2.24, 2.45) is 0 Å². The van der Waals surface area contributed by atoms with Gasteiger partial charge in [-0.3, -0.25) is 10.1 Å². The Morgan fingerprint density at radius 2 is 2.25 bits per heavy atom. The van der Waals surface area contributed by atoms with Crippen molar-refractivity contribution in [1.29, 1.82) is 0 Å². The number of carbonyl (C=O) groups excluding carboxylic acids is 1. The fourth-order valence-electron chi connectivity index (χ4n) is 2.01. The van der Waals surface area contributed by atoms with E-state index >= 15 is 0 Å². The average Bonchev–Trinajstić information content (AvgIpc) is 2.31. The maximum absolute atomic E-state index is 11.5. The molecule has 1 aliphatic heterocycles. The summed E-state index contributed by atoms with van der Waals surface area (Å²) >= 11 is 5.57. The van der Waals surface area contributed by atoms with Gasteiger partial charge in [-0.25, -0.2) is 0 Å². The second kappa shape index (κ2) is 4.85. The third kappa shape index (κ3) is 2.20. The van der Waals surface area contributed by atoms with Gasteiger partial charge in [0.2, 0.25) is 5.91 Å². The molecule has 1 N–H and O–H groups in total. The van der Waals surface area contributed by atoms with Crippen LogP contribution in [-0.2, 0) is 17.8 Å². The van der Waals surface area contributed by atoms with Gasteiger partial charge in [0, 0.05) is 25.7 Å². The van der Waals surface area contributed by atoms with Crippen LogP contribution in [0.1, 0.15) is 17.5 Å². The first kappa shape index (κ1) is 11.4. The zero-order valence-corrected chi connectivity index (χ0v) is 10.0. The van der Waals surface area contributed by atoms with Crippen molar-refractivity contribution in [3.05, 3.63) is 29.3 Å². The second-order valence-electron chi connectivity index (χ2n) is 3.98. The van der Waals surface area contributed by atoms with Crippen LogP contribution in [0.15, 0.2) is 18.2 Å². The largest absolute Gasteiger partial charge is 0.315 e. The summed E-state index contributed by atoms with van der Waals surface area (Å²) < 4.78 is 0. The first-order chi connectivity index (χ1) is 7.72. The van der Waals surface area contributed by atoms with Gasteiger partial charge in [-0.2, -0.15) is 0 Å². The number of aryl methyl sites for hydroxylation is 1. The standard InChI is InChI=1S/C12H15ClN2O/c1-15-11-4-2-9(7-14-8-13)6-10(11)3-5-12(15)16/h2,4,6,14H,3,5,7-8H2,1H3. The van der Waals surface area contributed by atoms with E-state index in [1.807, 2.05) is 19.2 Å². The predicted molar refractivity (Wildman–Crippen MR) is 65.7 cm³/mol. The second-order valence-corrected chi connectivity index (χ2v) is 4.24.